The van der Waals surface area contributed by atoms with E-state index in [2.05, 4.69) is 10.4 Å². The number of nitrogens with zero attached hydrogens (tertiary/aromatic N) is 2. The minimum atomic E-state index is -3.25. The van der Waals surface area contributed by atoms with E-state index in [1.54, 1.807) is 10.7 Å². The molecule has 0 spiro atoms. The number of hydrogen-bond acceptors (Lipinski definition) is 5. The molecule has 150 valence electrons. The molecule has 0 radical (unpaired) electrons. The normalized spacial score (nSPS) is 14.4. The number of ether oxygens (including phenoxy) is 1. The van der Waals surface area contributed by atoms with Gasteiger partial charge in [0.1, 0.15) is 11.6 Å². The van der Waals surface area contributed by atoms with Crippen molar-refractivity contribution >= 4 is 21.6 Å². The van der Waals surface area contributed by atoms with Crippen molar-refractivity contribution in [3.05, 3.63) is 70.9 Å². The van der Waals surface area contributed by atoms with Crippen LogP contribution in [-0.4, -0.2) is 30.7 Å². The molecule has 1 aliphatic rings. The average Bonchev–Trinajstić information content (AvgIpc) is 3.13. The smallest absolute Gasteiger partial charge is 0.263 e. The molecule has 0 atom stereocenters. The van der Waals surface area contributed by atoms with Gasteiger partial charge in [0.15, 0.2) is 16.4 Å². The predicted octanol–water partition coefficient (Wildman–Crippen LogP) is 2.94. The number of anilines is 1. The van der Waals surface area contributed by atoms with Gasteiger partial charge in [-0.25, -0.2) is 13.1 Å². The molecule has 1 aromatic heterocycles. The van der Waals surface area contributed by atoms with E-state index in [4.69, 9.17) is 4.74 Å². The predicted molar refractivity (Wildman–Crippen MR) is 110 cm³/mol. The summed E-state index contributed by atoms with van der Waals surface area (Å²) in [6.07, 6.45) is 0. The first kappa shape index (κ1) is 19.2. The Bertz CT molecular complexity index is 1200. The van der Waals surface area contributed by atoms with Crippen molar-refractivity contribution in [2.75, 3.05) is 11.9 Å². The van der Waals surface area contributed by atoms with Gasteiger partial charge in [0.05, 0.1) is 22.9 Å². The molecule has 8 heteroatoms. The summed E-state index contributed by atoms with van der Waals surface area (Å²) in [5.74, 6) is 0.342. The van der Waals surface area contributed by atoms with Crippen molar-refractivity contribution in [1.29, 1.82) is 0 Å². The molecular weight excluding hydrogens is 390 g/mol. The molecule has 2 aromatic carbocycles. The molecule has 4 rings (SSSR count). The number of amides is 1. The Hall–Kier alpha value is -3.13. The van der Waals surface area contributed by atoms with Gasteiger partial charge in [-0.2, -0.15) is 5.10 Å². The lowest BCUT2D eigenvalue weighted by molar-refractivity contribution is -0.118. The highest BCUT2D eigenvalue weighted by Crippen LogP contribution is 2.33. The van der Waals surface area contributed by atoms with Crippen LogP contribution in [0.4, 0.5) is 5.82 Å². The van der Waals surface area contributed by atoms with E-state index >= 15 is 0 Å². The Morgan fingerprint density at radius 3 is 2.69 bits per heavy atom. The molecule has 0 fully saturated rings. The number of sulfone groups is 1. The van der Waals surface area contributed by atoms with Crippen LogP contribution in [0.15, 0.2) is 48.5 Å². The van der Waals surface area contributed by atoms with Crippen LogP contribution in [-0.2, 0) is 26.1 Å². The third-order valence-electron chi connectivity index (χ3n) is 4.75. The van der Waals surface area contributed by atoms with Gasteiger partial charge >= 0.3 is 0 Å². The highest BCUT2D eigenvalue weighted by atomic mass is 32.2. The van der Waals surface area contributed by atoms with Crippen molar-refractivity contribution in [2.24, 2.45) is 0 Å². The van der Waals surface area contributed by atoms with Crippen LogP contribution in [0.1, 0.15) is 22.4 Å². The number of aryl methyl sites for hydroxylation is 2. The molecule has 0 unspecified atom stereocenters. The second kappa shape index (κ2) is 7.36. The van der Waals surface area contributed by atoms with E-state index in [1.165, 1.54) is 0 Å². The minimum Gasteiger partial charge on any atom is -0.484 e. The Morgan fingerprint density at radius 2 is 1.93 bits per heavy atom. The van der Waals surface area contributed by atoms with Gasteiger partial charge in [-0.1, -0.05) is 30.3 Å². The number of nitrogens with one attached hydrogen (secondary N) is 1. The molecule has 0 saturated carbocycles. The summed E-state index contributed by atoms with van der Waals surface area (Å²) in [5, 5.41) is 7.29. The fourth-order valence-corrected chi connectivity index (χ4v) is 4.86. The largest absolute Gasteiger partial charge is 0.484 e. The molecule has 0 bridgehead atoms. The van der Waals surface area contributed by atoms with E-state index in [0.29, 0.717) is 22.8 Å². The molecule has 0 saturated heterocycles. The summed E-state index contributed by atoms with van der Waals surface area (Å²) in [6, 6.07) is 15.0. The lowest BCUT2D eigenvalue weighted by atomic mass is 10.2. The van der Waals surface area contributed by atoms with E-state index in [9.17, 15) is 13.2 Å². The second-order valence-corrected chi connectivity index (χ2v) is 9.22. The van der Waals surface area contributed by atoms with Crippen molar-refractivity contribution in [1.82, 2.24) is 9.78 Å². The Kier molecular flexibility index (Phi) is 4.87. The number of hydrogen-bond donors (Lipinski definition) is 1. The van der Waals surface area contributed by atoms with Crippen LogP contribution in [0.2, 0.25) is 0 Å². The number of rotatable bonds is 5. The van der Waals surface area contributed by atoms with Crippen molar-refractivity contribution in [2.45, 2.75) is 25.4 Å². The zero-order chi connectivity index (χ0) is 20.6. The zero-order valence-corrected chi connectivity index (χ0v) is 17.0. The Balaban J connectivity index is 1.62. The third-order valence-corrected chi connectivity index (χ3v) is 6.19. The van der Waals surface area contributed by atoms with E-state index in [-0.39, 0.29) is 24.0 Å². The summed E-state index contributed by atoms with van der Waals surface area (Å²) in [5.41, 5.74) is 3.79. The van der Waals surface area contributed by atoms with Gasteiger partial charge < -0.3 is 10.1 Å². The molecule has 1 amide bonds. The summed E-state index contributed by atoms with van der Waals surface area (Å²) >= 11 is 0. The molecule has 7 nitrogen and oxygen atoms in total. The standard InChI is InChI=1S/C21H21N3O4S/c1-14-6-5-8-16(10-14)28-11-20(25)22-21-17-12-29(26,27)13-18(17)23-24(21)19-9-4-3-7-15(19)2/h3-10H,11-13H2,1-2H3,(H,22,25). The van der Waals surface area contributed by atoms with Gasteiger partial charge in [0, 0.05) is 5.56 Å². The molecule has 2 heterocycles. The van der Waals surface area contributed by atoms with Crippen LogP contribution in [0.5, 0.6) is 5.75 Å². The van der Waals surface area contributed by atoms with Gasteiger partial charge in [0.2, 0.25) is 0 Å². The number of carbonyl (C=O) groups is 1. The maximum absolute atomic E-state index is 12.6. The monoisotopic (exact) mass is 411 g/mol. The number of fused-ring (bicyclic) bond motifs is 1. The third kappa shape index (κ3) is 4.02. The summed E-state index contributed by atoms with van der Waals surface area (Å²) in [4.78, 5) is 12.6. The minimum absolute atomic E-state index is 0.121. The summed E-state index contributed by atoms with van der Waals surface area (Å²) < 4.78 is 31.3. The summed E-state index contributed by atoms with van der Waals surface area (Å²) in [7, 11) is -3.25. The van der Waals surface area contributed by atoms with Gasteiger partial charge in [-0.15, -0.1) is 0 Å². The van der Waals surface area contributed by atoms with Crippen LogP contribution < -0.4 is 10.1 Å². The first-order valence-electron chi connectivity index (χ1n) is 9.19. The fourth-order valence-electron chi connectivity index (χ4n) is 3.37. The van der Waals surface area contributed by atoms with Crippen LogP contribution in [0.3, 0.4) is 0 Å². The van der Waals surface area contributed by atoms with Crippen molar-refractivity contribution in [3.8, 4) is 11.4 Å². The lowest BCUT2D eigenvalue weighted by Crippen LogP contribution is -2.23. The van der Waals surface area contributed by atoms with Gasteiger partial charge in [-0.3, -0.25) is 4.79 Å². The topological polar surface area (TPSA) is 90.3 Å². The molecule has 1 aliphatic heterocycles. The van der Waals surface area contributed by atoms with Crippen LogP contribution in [0, 0.1) is 13.8 Å². The summed E-state index contributed by atoms with van der Waals surface area (Å²) in [6.45, 7) is 3.69. The second-order valence-electron chi connectivity index (χ2n) is 7.16. The SMILES string of the molecule is Cc1cccc(OCC(=O)Nc2c3c(nn2-c2ccccc2C)CS(=O)(=O)C3)c1. The number of carbonyl (C=O) groups excluding carboxylic acids is 1. The van der Waals surface area contributed by atoms with Gasteiger partial charge in [0.25, 0.3) is 5.91 Å². The van der Waals surface area contributed by atoms with Crippen molar-refractivity contribution < 1.29 is 17.9 Å². The van der Waals surface area contributed by atoms with Crippen molar-refractivity contribution in [3.63, 3.8) is 0 Å². The molecular formula is C21H21N3O4S. The lowest BCUT2D eigenvalue weighted by Gasteiger charge is -2.13. The number of para-hydroxylation sites is 1. The Morgan fingerprint density at radius 1 is 1.14 bits per heavy atom. The van der Waals surface area contributed by atoms with E-state index in [1.807, 2.05) is 56.3 Å². The number of aromatic nitrogens is 2. The molecule has 29 heavy (non-hydrogen) atoms. The highest BCUT2D eigenvalue weighted by Gasteiger charge is 2.33. The fraction of sp³-hybridized carbons (Fsp3) is 0.238. The number of benzene rings is 2. The van der Waals surface area contributed by atoms with E-state index < -0.39 is 9.84 Å². The van der Waals surface area contributed by atoms with E-state index in [0.717, 1.165) is 16.8 Å². The zero-order valence-electron chi connectivity index (χ0n) is 16.2. The first-order chi connectivity index (χ1) is 13.8. The highest BCUT2D eigenvalue weighted by molar-refractivity contribution is 7.90. The average molecular weight is 411 g/mol. The Labute approximate surface area is 169 Å². The molecule has 1 N–H and O–H groups in total. The van der Waals surface area contributed by atoms with Gasteiger partial charge in [-0.05, 0) is 43.2 Å². The maximum Gasteiger partial charge on any atom is 0.263 e. The molecule has 0 aliphatic carbocycles. The molecule has 3 aromatic rings. The van der Waals surface area contributed by atoms with Crippen LogP contribution >= 0.6 is 0 Å². The van der Waals surface area contributed by atoms with Crippen LogP contribution in [0.25, 0.3) is 5.69 Å². The maximum atomic E-state index is 12.6. The quantitative estimate of drug-likeness (QED) is 0.697. The first-order valence-corrected chi connectivity index (χ1v) is 11.0.